The van der Waals surface area contributed by atoms with E-state index >= 15 is 0 Å². The third-order valence-electron chi connectivity index (χ3n) is 3.37. The van der Waals surface area contributed by atoms with Crippen molar-refractivity contribution in [1.29, 1.82) is 10.5 Å². The molecule has 33 heavy (non-hydrogen) atoms. The van der Waals surface area contributed by atoms with Gasteiger partial charge in [-0.3, -0.25) is 9.64 Å². The van der Waals surface area contributed by atoms with E-state index < -0.39 is 11.4 Å². The molecule has 1 aromatic heterocycles. The zero-order chi connectivity index (χ0) is 25.1. The number of anilines is 1. The SMILES string of the molecule is N#Cc1nc(-c2c(Cl)cccc2Cl)oc1N.O=C(Cl)c1c(Cl)cccc1Cl.[C-]#[N+]C(N)C#N. The number of nitrogens with zero attached hydrogens (tertiary/aromatic N) is 4. The highest BCUT2D eigenvalue weighted by atomic mass is 35.5. The summed E-state index contributed by atoms with van der Waals surface area (Å²) in [4.78, 5) is 17.3. The lowest BCUT2D eigenvalue weighted by molar-refractivity contribution is 0.108. The maximum Gasteiger partial charge on any atom is 0.361 e. The molecule has 1 atom stereocenters. The van der Waals surface area contributed by atoms with Crippen LogP contribution in [-0.2, 0) is 0 Å². The van der Waals surface area contributed by atoms with Gasteiger partial charge in [-0.05, 0) is 35.9 Å². The number of aromatic nitrogens is 1. The number of nitrogens with two attached hydrogens (primary N) is 2. The Kier molecular flexibility index (Phi) is 11.5. The molecule has 0 fully saturated rings. The summed E-state index contributed by atoms with van der Waals surface area (Å²) in [5.41, 5.74) is 10.8. The topological polar surface area (TPSA) is 147 Å². The number of hydrogen-bond donors (Lipinski definition) is 2. The summed E-state index contributed by atoms with van der Waals surface area (Å²) in [6, 6.07) is 13.1. The molecule has 13 heteroatoms. The molecule has 2 aromatic carbocycles. The molecule has 0 aliphatic carbocycles. The molecule has 0 bridgehead atoms. The van der Waals surface area contributed by atoms with E-state index in [4.69, 9.17) is 91.0 Å². The first-order valence-electron chi connectivity index (χ1n) is 8.33. The Balaban J connectivity index is 0.000000278. The third kappa shape index (κ3) is 8.13. The Morgan fingerprint density at radius 1 is 1.06 bits per heavy atom. The van der Waals surface area contributed by atoms with Crippen LogP contribution in [0.15, 0.2) is 40.8 Å². The minimum atomic E-state index is -0.968. The summed E-state index contributed by atoms with van der Waals surface area (Å²) in [6.45, 7) is 6.09. The van der Waals surface area contributed by atoms with Crippen LogP contribution in [0.5, 0.6) is 0 Å². The van der Waals surface area contributed by atoms with Gasteiger partial charge in [0.1, 0.15) is 6.07 Å². The van der Waals surface area contributed by atoms with E-state index in [1.54, 1.807) is 36.4 Å². The molecule has 0 saturated heterocycles. The fourth-order valence-corrected chi connectivity index (χ4v) is 3.36. The summed E-state index contributed by atoms with van der Waals surface area (Å²) >= 11 is 28.4. The molecular weight excluding hydrogens is 534 g/mol. The molecule has 4 N–H and O–H groups in total. The Bertz CT molecular complexity index is 1220. The van der Waals surface area contributed by atoms with Gasteiger partial charge >= 0.3 is 6.17 Å². The van der Waals surface area contributed by atoms with Gasteiger partial charge in [-0.15, -0.1) is 0 Å². The monoisotopic (exact) mass is 542 g/mol. The van der Waals surface area contributed by atoms with Gasteiger partial charge in [-0.25, -0.2) is 12.3 Å². The predicted octanol–water partition coefficient (Wildman–Crippen LogP) is 6.19. The van der Waals surface area contributed by atoms with Gasteiger partial charge in [0.05, 0.1) is 31.2 Å². The Morgan fingerprint density at radius 3 is 1.85 bits per heavy atom. The smallest absolute Gasteiger partial charge is 0.361 e. The van der Waals surface area contributed by atoms with E-state index in [2.05, 4.69) is 9.83 Å². The number of benzene rings is 2. The first-order valence-corrected chi connectivity index (χ1v) is 10.2. The molecule has 0 spiro atoms. The van der Waals surface area contributed by atoms with E-state index in [1.807, 2.05) is 6.07 Å². The van der Waals surface area contributed by atoms with E-state index in [1.165, 1.54) is 6.07 Å². The molecule has 168 valence electrons. The molecule has 8 nitrogen and oxygen atoms in total. The van der Waals surface area contributed by atoms with Crippen LogP contribution in [0.1, 0.15) is 16.1 Å². The first kappa shape index (κ1) is 28.0. The van der Waals surface area contributed by atoms with Gasteiger partial charge < -0.3 is 10.2 Å². The molecular formula is C20H11Cl5N6O2. The van der Waals surface area contributed by atoms with Crippen molar-refractivity contribution < 1.29 is 9.21 Å². The number of hydrogen-bond acceptors (Lipinski definition) is 7. The second-order valence-corrected chi connectivity index (χ2v) is 7.49. The number of carbonyl (C=O) groups excluding carboxylic acids is 1. The predicted molar refractivity (Wildman–Crippen MR) is 128 cm³/mol. The summed E-state index contributed by atoms with van der Waals surface area (Å²) in [7, 11) is 0. The Labute approximate surface area is 213 Å². The van der Waals surface area contributed by atoms with Crippen molar-refractivity contribution in [2.24, 2.45) is 5.73 Å². The van der Waals surface area contributed by atoms with Crippen LogP contribution in [-0.4, -0.2) is 16.4 Å². The first-order chi connectivity index (χ1) is 15.6. The van der Waals surface area contributed by atoms with Gasteiger partial charge in [0, 0.05) is 0 Å². The van der Waals surface area contributed by atoms with Crippen LogP contribution in [0.2, 0.25) is 20.1 Å². The van der Waals surface area contributed by atoms with Gasteiger partial charge in [0.15, 0.2) is 6.07 Å². The highest BCUT2D eigenvalue weighted by Crippen LogP contribution is 2.35. The highest BCUT2D eigenvalue weighted by Gasteiger charge is 2.17. The van der Waals surface area contributed by atoms with Crippen LogP contribution in [0.3, 0.4) is 0 Å². The lowest BCUT2D eigenvalue weighted by Crippen LogP contribution is -2.10. The van der Waals surface area contributed by atoms with Crippen LogP contribution in [0.25, 0.3) is 16.3 Å². The number of nitrogen functional groups attached to an aromatic ring is 1. The van der Waals surface area contributed by atoms with Crippen molar-refractivity contribution in [2.75, 3.05) is 5.73 Å². The molecule has 0 aliphatic rings. The van der Waals surface area contributed by atoms with E-state index in [9.17, 15) is 4.79 Å². The fraction of sp³-hybridized carbons (Fsp3) is 0.0500. The van der Waals surface area contributed by atoms with Crippen LogP contribution in [0.4, 0.5) is 5.88 Å². The largest absolute Gasteiger partial charge is 0.419 e. The summed E-state index contributed by atoms with van der Waals surface area (Å²) in [6.07, 6.45) is -0.968. The quantitative estimate of drug-likeness (QED) is 0.289. The van der Waals surface area contributed by atoms with Crippen LogP contribution < -0.4 is 11.5 Å². The number of nitriles is 2. The third-order valence-corrected chi connectivity index (χ3v) is 4.82. The summed E-state index contributed by atoms with van der Waals surface area (Å²) < 4.78 is 5.13. The normalized spacial score (nSPS) is 10.2. The maximum absolute atomic E-state index is 10.7. The lowest BCUT2D eigenvalue weighted by Gasteiger charge is -2.00. The Morgan fingerprint density at radius 2 is 1.55 bits per heavy atom. The molecule has 1 unspecified atom stereocenters. The van der Waals surface area contributed by atoms with Gasteiger partial charge in [0.25, 0.3) is 5.24 Å². The Hall–Kier alpha value is -3.00. The number of rotatable bonds is 2. The van der Waals surface area contributed by atoms with Gasteiger partial charge in [0.2, 0.25) is 17.5 Å². The summed E-state index contributed by atoms with van der Waals surface area (Å²) in [5, 5.41) is 17.1. The van der Waals surface area contributed by atoms with E-state index in [-0.39, 0.29) is 33.1 Å². The maximum atomic E-state index is 10.7. The average Bonchev–Trinajstić information content (AvgIpc) is 3.13. The van der Waals surface area contributed by atoms with E-state index in [0.717, 1.165) is 0 Å². The standard InChI is InChI=1S/C10H5Cl2N3O.C7H3Cl3O.C3H3N3/c11-5-2-1-3-6(12)8(5)10-15-7(4-13)9(14)16-10;8-4-2-1-3-5(9)6(4)7(10)11;1-6-3(5)2-4/h1-3H,14H2;1-3H;3H,5H2. The highest BCUT2D eigenvalue weighted by molar-refractivity contribution is 6.69. The number of carbonyl (C=O) groups is 1. The van der Waals surface area contributed by atoms with Crippen LogP contribution >= 0.6 is 58.0 Å². The lowest BCUT2D eigenvalue weighted by atomic mass is 10.2. The second-order valence-electron chi connectivity index (χ2n) is 5.51. The van der Waals surface area contributed by atoms with Crippen molar-refractivity contribution >= 4 is 69.1 Å². The molecule has 0 radical (unpaired) electrons. The van der Waals surface area contributed by atoms with Gasteiger partial charge in [-0.2, -0.15) is 15.5 Å². The second kappa shape index (κ2) is 13.5. The van der Waals surface area contributed by atoms with Crippen LogP contribution in [0, 0.1) is 29.2 Å². The fourth-order valence-electron chi connectivity index (χ4n) is 1.94. The van der Waals surface area contributed by atoms with Crippen molar-refractivity contribution in [3.63, 3.8) is 0 Å². The van der Waals surface area contributed by atoms with Crippen molar-refractivity contribution in [2.45, 2.75) is 6.17 Å². The molecule has 0 saturated carbocycles. The molecule has 3 aromatic rings. The minimum Gasteiger partial charge on any atom is -0.419 e. The van der Waals surface area contributed by atoms with Crippen molar-refractivity contribution in [1.82, 2.24) is 4.98 Å². The molecule has 0 aliphatic heterocycles. The van der Waals surface area contributed by atoms with Crippen molar-refractivity contribution in [3.05, 3.63) is 79.2 Å². The molecule has 3 rings (SSSR count). The van der Waals surface area contributed by atoms with E-state index in [0.29, 0.717) is 15.6 Å². The zero-order valence-electron chi connectivity index (χ0n) is 16.2. The zero-order valence-corrected chi connectivity index (χ0v) is 20.0. The van der Waals surface area contributed by atoms with Gasteiger partial charge in [-0.1, -0.05) is 58.5 Å². The average molecular weight is 545 g/mol. The molecule has 1 heterocycles. The number of oxazole rings is 1. The van der Waals surface area contributed by atoms with Crippen molar-refractivity contribution in [3.8, 4) is 23.6 Å². The minimum absolute atomic E-state index is 0.0194. The summed E-state index contributed by atoms with van der Waals surface area (Å²) in [5.74, 6) is 0.0955. The number of halogens is 5. The molecule has 0 amide bonds.